The Bertz CT molecular complexity index is 1800. The van der Waals surface area contributed by atoms with Crippen molar-refractivity contribution >= 4 is 47.9 Å². The summed E-state index contributed by atoms with van der Waals surface area (Å²) in [5, 5.41) is 10.6. The van der Waals surface area contributed by atoms with E-state index in [-0.39, 0.29) is 45.1 Å². The van der Waals surface area contributed by atoms with Crippen LogP contribution in [0.2, 0.25) is 0 Å². The highest BCUT2D eigenvalue weighted by Crippen LogP contribution is 2.42. The van der Waals surface area contributed by atoms with Crippen LogP contribution >= 0.6 is 11.3 Å². The maximum Gasteiger partial charge on any atom is 0.299 e. The molecular formula is C23H24F3N7O4S3. The summed E-state index contributed by atoms with van der Waals surface area (Å²) >= 11 is 0.595. The van der Waals surface area contributed by atoms with Crippen molar-refractivity contribution in [1.82, 2.24) is 29.0 Å². The summed E-state index contributed by atoms with van der Waals surface area (Å²) in [7, 11) is -6.49. The molecule has 0 spiro atoms. The number of nitrogens with zero attached hydrogens (tertiary/aromatic N) is 6. The van der Waals surface area contributed by atoms with Crippen molar-refractivity contribution in [3.8, 4) is 10.7 Å². The van der Waals surface area contributed by atoms with Crippen LogP contribution < -0.4 is 4.72 Å². The molecule has 3 heterocycles. The van der Waals surface area contributed by atoms with Crippen LogP contribution in [-0.2, 0) is 27.1 Å². The van der Waals surface area contributed by atoms with Crippen LogP contribution in [0.15, 0.2) is 22.9 Å². The highest BCUT2D eigenvalue weighted by atomic mass is 32.2. The summed E-state index contributed by atoms with van der Waals surface area (Å²) < 4.78 is 99.0. The van der Waals surface area contributed by atoms with Gasteiger partial charge in [-0.3, -0.25) is 9.53 Å². The second-order valence-electron chi connectivity index (χ2n) is 9.89. The fraction of sp³-hybridized carbons (Fsp3) is 0.478. The molecule has 1 fully saturated rings. The lowest BCUT2D eigenvalue weighted by Gasteiger charge is -2.29. The molecule has 0 amide bonds. The van der Waals surface area contributed by atoms with Crippen LogP contribution in [0.4, 0.5) is 13.2 Å². The number of nitrogens with one attached hydrogen (secondary N) is 1. The van der Waals surface area contributed by atoms with Gasteiger partial charge in [-0.25, -0.2) is 36.6 Å². The normalized spacial score (nSPS) is 18.2. The first kappa shape index (κ1) is 28.6. The Kier molecular flexibility index (Phi) is 7.06. The lowest BCUT2D eigenvalue weighted by atomic mass is 9.96. The van der Waals surface area contributed by atoms with E-state index in [2.05, 4.69) is 24.9 Å². The SMILES string of the molecule is [C-]#[N+]C1(NS(=O)(=O)c2cc(C3=C(F)CN(S(=O)(=O)C(C)C)CC3)c3c(c2)c(-c2nnc(C(F)F)s2)nn3C)CC1. The van der Waals surface area contributed by atoms with Gasteiger partial charge in [-0.15, -0.1) is 14.9 Å². The molecule has 3 aromatic rings. The highest BCUT2D eigenvalue weighted by Gasteiger charge is 2.54. The minimum absolute atomic E-state index is 0.0153. The number of fused-ring (bicyclic) bond motifs is 1. The van der Waals surface area contributed by atoms with E-state index in [9.17, 15) is 25.6 Å². The van der Waals surface area contributed by atoms with E-state index < -0.39 is 54.8 Å². The van der Waals surface area contributed by atoms with Gasteiger partial charge in [0.15, 0.2) is 10.0 Å². The zero-order valence-corrected chi connectivity index (χ0v) is 24.0. The quantitative estimate of drug-likeness (QED) is 0.381. The number of rotatable bonds is 8. The van der Waals surface area contributed by atoms with Gasteiger partial charge in [0.25, 0.3) is 12.1 Å². The van der Waals surface area contributed by atoms with Crippen LogP contribution in [0.3, 0.4) is 0 Å². The number of aromatic nitrogens is 4. The average Bonchev–Trinajstić information content (AvgIpc) is 3.32. The van der Waals surface area contributed by atoms with Crippen LogP contribution in [0.1, 0.15) is 50.1 Å². The fourth-order valence-corrected chi connectivity index (χ4v) is 7.86. The van der Waals surface area contributed by atoms with Crippen molar-refractivity contribution < 1.29 is 30.0 Å². The van der Waals surface area contributed by atoms with Gasteiger partial charge in [-0.2, -0.15) is 9.40 Å². The maximum atomic E-state index is 15.7. The summed E-state index contributed by atoms with van der Waals surface area (Å²) in [5.41, 5.74) is -0.613. The first-order chi connectivity index (χ1) is 18.7. The molecule has 1 aliphatic heterocycles. The van der Waals surface area contributed by atoms with E-state index in [1.807, 2.05) is 0 Å². The van der Waals surface area contributed by atoms with E-state index in [4.69, 9.17) is 6.57 Å². The molecule has 0 atom stereocenters. The van der Waals surface area contributed by atoms with Gasteiger partial charge in [-0.1, -0.05) is 11.3 Å². The number of sulfonamides is 2. The number of alkyl halides is 2. The summed E-state index contributed by atoms with van der Waals surface area (Å²) in [6, 6.07) is 2.55. The van der Waals surface area contributed by atoms with Crippen molar-refractivity contribution in [3.63, 3.8) is 0 Å². The number of hydrogen-bond acceptors (Lipinski definition) is 8. The zero-order valence-electron chi connectivity index (χ0n) is 21.5. The lowest BCUT2D eigenvalue weighted by Crippen LogP contribution is -2.40. The number of aryl methyl sites for hydroxylation is 1. The van der Waals surface area contributed by atoms with E-state index in [0.29, 0.717) is 29.7 Å². The largest absolute Gasteiger partial charge is 0.299 e. The third-order valence-electron chi connectivity index (χ3n) is 6.85. The van der Waals surface area contributed by atoms with Gasteiger partial charge >= 0.3 is 0 Å². The molecule has 2 aliphatic rings. The van der Waals surface area contributed by atoms with Crippen molar-refractivity contribution in [2.45, 2.75) is 55.3 Å². The molecule has 0 saturated heterocycles. The molecule has 214 valence electrons. The fourth-order valence-electron chi connectivity index (χ4n) is 4.51. The topological polar surface area (TPSA) is 132 Å². The summed E-state index contributed by atoms with van der Waals surface area (Å²) in [5.74, 6) is -0.752. The first-order valence-corrected chi connectivity index (χ1v) is 15.9. The molecule has 5 rings (SSSR count). The second kappa shape index (κ2) is 9.87. The Morgan fingerprint density at radius 3 is 2.42 bits per heavy atom. The minimum atomic E-state index is -4.29. The predicted molar refractivity (Wildman–Crippen MR) is 142 cm³/mol. The van der Waals surface area contributed by atoms with Gasteiger partial charge < -0.3 is 0 Å². The third-order valence-corrected chi connectivity index (χ3v) is 11.5. The van der Waals surface area contributed by atoms with Crippen molar-refractivity contribution in [3.05, 3.63) is 39.9 Å². The Balaban J connectivity index is 1.71. The molecular weight excluding hydrogens is 591 g/mol. The Morgan fingerprint density at radius 1 is 1.18 bits per heavy atom. The van der Waals surface area contributed by atoms with E-state index in [1.165, 1.54) is 37.7 Å². The van der Waals surface area contributed by atoms with Gasteiger partial charge in [-0.05, 0) is 38.0 Å². The van der Waals surface area contributed by atoms with Crippen LogP contribution in [0.25, 0.3) is 32.0 Å². The van der Waals surface area contributed by atoms with Gasteiger partial charge in [0.05, 0.1) is 35.0 Å². The molecule has 11 nitrogen and oxygen atoms in total. The first-order valence-electron chi connectivity index (χ1n) is 12.1. The van der Waals surface area contributed by atoms with E-state index >= 15 is 4.39 Å². The molecule has 1 N–H and O–H groups in total. The maximum absolute atomic E-state index is 15.7. The zero-order chi connectivity index (χ0) is 29.2. The Labute approximate surface area is 232 Å². The number of hydrogen-bond donors (Lipinski definition) is 1. The summed E-state index contributed by atoms with van der Waals surface area (Å²) in [6.07, 6.45) is -2.24. The van der Waals surface area contributed by atoms with Gasteiger partial charge in [0.2, 0.25) is 20.0 Å². The molecule has 1 saturated carbocycles. The molecule has 0 unspecified atom stereocenters. The Hall–Kier alpha value is -2.91. The number of benzene rings is 1. The van der Waals surface area contributed by atoms with Gasteiger partial charge in [0.1, 0.15) is 11.5 Å². The van der Waals surface area contributed by atoms with Crippen LogP contribution in [0, 0.1) is 6.57 Å². The van der Waals surface area contributed by atoms with E-state index in [0.717, 1.165) is 4.31 Å². The standard InChI is InChI=1S/C23H24F3N7O4S3/c1-12(2)40(36,37)33-8-5-14(17(24)11-33)15-9-13(39(34,35)31-23(27-3)6-7-23)10-16-18(30-32(4)19(15)16)21-28-29-22(38-21)20(25)26/h9-10,12,20,31H,5-8,11H2,1-2,4H3. The van der Waals surface area contributed by atoms with Crippen molar-refractivity contribution in [2.24, 2.45) is 7.05 Å². The summed E-state index contributed by atoms with van der Waals surface area (Å²) in [6.45, 7) is 9.80. The second-order valence-corrected chi connectivity index (χ2v) is 15.1. The molecule has 1 aliphatic carbocycles. The lowest BCUT2D eigenvalue weighted by molar-refractivity contribution is 0.150. The predicted octanol–water partition coefficient (Wildman–Crippen LogP) is 3.84. The molecule has 0 radical (unpaired) electrons. The van der Waals surface area contributed by atoms with Crippen molar-refractivity contribution in [2.75, 3.05) is 13.1 Å². The summed E-state index contributed by atoms with van der Waals surface area (Å²) in [4.78, 5) is 3.10. The van der Waals surface area contributed by atoms with Gasteiger partial charge in [0, 0.05) is 24.5 Å². The monoisotopic (exact) mass is 615 g/mol. The third kappa shape index (κ3) is 4.91. The Morgan fingerprint density at radius 2 is 1.88 bits per heavy atom. The molecule has 1 aromatic carbocycles. The smallest absolute Gasteiger partial charge is 0.292 e. The van der Waals surface area contributed by atoms with Crippen LogP contribution in [-0.4, -0.2) is 65.1 Å². The minimum Gasteiger partial charge on any atom is -0.292 e. The van der Waals surface area contributed by atoms with Crippen molar-refractivity contribution in [1.29, 1.82) is 0 Å². The van der Waals surface area contributed by atoms with Crippen LogP contribution in [0.5, 0.6) is 0 Å². The molecule has 17 heteroatoms. The molecule has 40 heavy (non-hydrogen) atoms. The molecule has 2 aromatic heterocycles. The average molecular weight is 616 g/mol. The molecule has 0 bridgehead atoms. The number of halogens is 3. The highest BCUT2D eigenvalue weighted by molar-refractivity contribution is 7.89. The van der Waals surface area contributed by atoms with E-state index in [1.54, 1.807) is 0 Å².